The summed E-state index contributed by atoms with van der Waals surface area (Å²) in [6.07, 6.45) is -3.38. The Balaban J connectivity index is 2.54. The molecular formula is C12H11F4N3. The van der Waals surface area contributed by atoms with Gasteiger partial charge in [-0.1, -0.05) is 0 Å². The van der Waals surface area contributed by atoms with Crippen molar-refractivity contribution in [2.75, 3.05) is 7.05 Å². The highest BCUT2D eigenvalue weighted by Crippen LogP contribution is 2.33. The zero-order chi connectivity index (χ0) is 14.0. The number of aromatic nitrogens is 2. The molecule has 0 unspecified atom stereocenters. The van der Waals surface area contributed by atoms with E-state index in [0.29, 0.717) is 0 Å². The van der Waals surface area contributed by atoms with E-state index in [-0.39, 0.29) is 17.8 Å². The molecule has 0 atom stereocenters. The van der Waals surface area contributed by atoms with Crippen molar-refractivity contribution in [3.8, 4) is 5.69 Å². The van der Waals surface area contributed by atoms with Crippen LogP contribution in [-0.4, -0.2) is 16.8 Å². The van der Waals surface area contributed by atoms with Gasteiger partial charge in [-0.25, -0.2) is 9.07 Å². The Labute approximate surface area is 106 Å². The third kappa shape index (κ3) is 2.76. The van der Waals surface area contributed by atoms with Crippen molar-refractivity contribution < 1.29 is 17.6 Å². The summed E-state index contributed by atoms with van der Waals surface area (Å²) < 4.78 is 52.8. The van der Waals surface area contributed by atoms with Gasteiger partial charge in [0.15, 0.2) is 5.69 Å². The fourth-order valence-electron chi connectivity index (χ4n) is 1.78. The minimum Gasteiger partial charge on any atom is -0.316 e. The summed E-state index contributed by atoms with van der Waals surface area (Å²) in [5, 5.41) is 6.39. The molecule has 2 rings (SSSR count). The van der Waals surface area contributed by atoms with Gasteiger partial charge in [-0.05, 0) is 31.3 Å². The van der Waals surface area contributed by atoms with Gasteiger partial charge in [0, 0.05) is 12.1 Å². The highest BCUT2D eigenvalue weighted by molar-refractivity contribution is 5.36. The second-order valence-corrected chi connectivity index (χ2v) is 3.93. The first-order valence-electron chi connectivity index (χ1n) is 5.48. The van der Waals surface area contributed by atoms with Gasteiger partial charge in [-0.2, -0.15) is 18.3 Å². The number of hydrogen-bond donors (Lipinski definition) is 1. The molecule has 0 saturated carbocycles. The SMILES string of the molecule is CNCc1cnn(-c2ccc(F)cc2)c1C(F)(F)F. The molecular weight excluding hydrogens is 262 g/mol. The van der Waals surface area contributed by atoms with Crippen LogP contribution in [0.3, 0.4) is 0 Å². The van der Waals surface area contributed by atoms with Crippen LogP contribution in [0.25, 0.3) is 5.69 Å². The Morgan fingerprint density at radius 3 is 2.37 bits per heavy atom. The number of nitrogens with one attached hydrogen (secondary N) is 1. The van der Waals surface area contributed by atoms with Gasteiger partial charge in [0.1, 0.15) is 5.82 Å². The molecule has 3 nitrogen and oxygen atoms in total. The van der Waals surface area contributed by atoms with Crippen molar-refractivity contribution in [1.29, 1.82) is 0 Å². The van der Waals surface area contributed by atoms with Crippen molar-refractivity contribution in [3.05, 3.63) is 47.5 Å². The molecule has 2 aromatic rings. The first kappa shape index (κ1) is 13.5. The highest BCUT2D eigenvalue weighted by atomic mass is 19.4. The van der Waals surface area contributed by atoms with Crippen molar-refractivity contribution in [1.82, 2.24) is 15.1 Å². The third-order valence-electron chi connectivity index (χ3n) is 2.55. The lowest BCUT2D eigenvalue weighted by molar-refractivity contribution is -0.143. The molecule has 0 aliphatic carbocycles. The van der Waals surface area contributed by atoms with Crippen LogP contribution in [0.1, 0.15) is 11.3 Å². The number of hydrogen-bond acceptors (Lipinski definition) is 2. The quantitative estimate of drug-likeness (QED) is 0.871. The maximum atomic E-state index is 13.1. The van der Waals surface area contributed by atoms with E-state index in [0.717, 1.165) is 23.0 Å². The van der Waals surface area contributed by atoms with Crippen LogP contribution >= 0.6 is 0 Å². The van der Waals surface area contributed by atoms with Crippen LogP contribution in [0.5, 0.6) is 0 Å². The maximum absolute atomic E-state index is 13.1. The largest absolute Gasteiger partial charge is 0.433 e. The van der Waals surface area contributed by atoms with Crippen molar-refractivity contribution in [2.24, 2.45) is 0 Å². The van der Waals surface area contributed by atoms with E-state index < -0.39 is 17.7 Å². The molecule has 19 heavy (non-hydrogen) atoms. The van der Waals surface area contributed by atoms with Gasteiger partial charge in [-0.15, -0.1) is 0 Å². The molecule has 1 heterocycles. The zero-order valence-corrected chi connectivity index (χ0v) is 10.0. The molecule has 1 aromatic carbocycles. The zero-order valence-electron chi connectivity index (χ0n) is 10.0. The van der Waals surface area contributed by atoms with Gasteiger partial charge in [0.25, 0.3) is 0 Å². The van der Waals surface area contributed by atoms with E-state index in [1.54, 1.807) is 7.05 Å². The molecule has 0 aliphatic heterocycles. The van der Waals surface area contributed by atoms with Crippen LogP contribution in [0.2, 0.25) is 0 Å². The second-order valence-electron chi connectivity index (χ2n) is 3.93. The molecule has 0 amide bonds. The number of benzene rings is 1. The molecule has 7 heteroatoms. The summed E-state index contributed by atoms with van der Waals surface area (Å²) in [5.41, 5.74) is -0.649. The molecule has 0 aliphatic rings. The lowest BCUT2D eigenvalue weighted by Gasteiger charge is -2.12. The van der Waals surface area contributed by atoms with Gasteiger partial charge >= 0.3 is 6.18 Å². The van der Waals surface area contributed by atoms with E-state index in [4.69, 9.17) is 0 Å². The molecule has 0 spiro atoms. The molecule has 0 saturated heterocycles. The predicted octanol–water partition coefficient (Wildman–Crippen LogP) is 2.75. The standard InChI is InChI=1S/C12H11F4N3/c1-17-6-8-7-18-19(11(8)12(14,15)16)10-4-2-9(13)3-5-10/h2-5,7,17H,6H2,1H3. The van der Waals surface area contributed by atoms with Crippen LogP contribution < -0.4 is 5.32 Å². The van der Waals surface area contributed by atoms with Crippen molar-refractivity contribution in [3.63, 3.8) is 0 Å². The van der Waals surface area contributed by atoms with Gasteiger partial charge < -0.3 is 5.32 Å². The molecule has 0 radical (unpaired) electrons. The first-order valence-corrected chi connectivity index (χ1v) is 5.48. The summed E-state index contributed by atoms with van der Waals surface area (Å²) in [5.74, 6) is -0.514. The number of alkyl halides is 3. The van der Waals surface area contributed by atoms with Crippen LogP contribution in [0, 0.1) is 5.82 Å². The predicted molar refractivity (Wildman–Crippen MR) is 61.3 cm³/mol. The Morgan fingerprint density at radius 2 is 1.84 bits per heavy atom. The summed E-state index contributed by atoms with van der Waals surface area (Å²) in [6, 6.07) is 4.69. The molecule has 0 bridgehead atoms. The maximum Gasteiger partial charge on any atom is 0.433 e. The third-order valence-corrected chi connectivity index (χ3v) is 2.55. The molecule has 102 valence electrons. The van der Waals surface area contributed by atoms with Crippen LogP contribution in [-0.2, 0) is 12.7 Å². The number of nitrogens with zero attached hydrogens (tertiary/aromatic N) is 2. The monoisotopic (exact) mass is 273 g/mol. The van der Waals surface area contributed by atoms with Gasteiger partial charge in [-0.3, -0.25) is 0 Å². The van der Waals surface area contributed by atoms with Gasteiger partial charge in [0.2, 0.25) is 0 Å². The average Bonchev–Trinajstić information content (AvgIpc) is 2.74. The number of halogens is 4. The minimum absolute atomic E-state index is 0.0410. The summed E-state index contributed by atoms with van der Waals surface area (Å²) in [6.45, 7) is 0.0516. The second kappa shape index (κ2) is 5.00. The lowest BCUT2D eigenvalue weighted by atomic mass is 10.2. The molecule has 0 fully saturated rings. The van der Waals surface area contributed by atoms with E-state index in [1.807, 2.05) is 0 Å². The Kier molecular flexibility index (Phi) is 3.57. The van der Waals surface area contributed by atoms with Gasteiger partial charge in [0.05, 0.1) is 11.9 Å². The fraction of sp³-hybridized carbons (Fsp3) is 0.250. The van der Waals surface area contributed by atoms with Crippen LogP contribution in [0.4, 0.5) is 17.6 Å². The Hall–Kier alpha value is -1.89. The van der Waals surface area contributed by atoms with E-state index in [2.05, 4.69) is 10.4 Å². The normalized spacial score (nSPS) is 11.8. The summed E-state index contributed by atoms with van der Waals surface area (Å²) in [7, 11) is 1.55. The van der Waals surface area contributed by atoms with E-state index >= 15 is 0 Å². The fourth-order valence-corrected chi connectivity index (χ4v) is 1.78. The first-order chi connectivity index (χ1) is 8.93. The van der Waals surface area contributed by atoms with Crippen molar-refractivity contribution >= 4 is 0 Å². The smallest absolute Gasteiger partial charge is 0.316 e. The van der Waals surface area contributed by atoms with Crippen molar-refractivity contribution in [2.45, 2.75) is 12.7 Å². The minimum atomic E-state index is -4.53. The highest BCUT2D eigenvalue weighted by Gasteiger charge is 2.38. The summed E-state index contributed by atoms with van der Waals surface area (Å²) in [4.78, 5) is 0. The molecule has 1 aromatic heterocycles. The van der Waals surface area contributed by atoms with Crippen LogP contribution in [0.15, 0.2) is 30.5 Å². The lowest BCUT2D eigenvalue weighted by Crippen LogP contribution is -2.17. The molecule has 1 N–H and O–H groups in total. The Bertz CT molecular complexity index is 557. The topological polar surface area (TPSA) is 29.9 Å². The number of rotatable bonds is 3. The summed E-state index contributed by atoms with van der Waals surface area (Å²) >= 11 is 0. The van der Waals surface area contributed by atoms with E-state index in [1.165, 1.54) is 12.1 Å². The Morgan fingerprint density at radius 1 is 1.21 bits per heavy atom. The van der Waals surface area contributed by atoms with E-state index in [9.17, 15) is 17.6 Å². The average molecular weight is 273 g/mol.